The molecule has 0 spiro atoms. The molecule has 0 atom stereocenters. The van der Waals surface area contributed by atoms with Gasteiger partial charge in [0.1, 0.15) is 23.7 Å². The lowest BCUT2D eigenvalue weighted by Crippen LogP contribution is -2.34. The van der Waals surface area contributed by atoms with E-state index in [-0.39, 0.29) is 17.8 Å². The Morgan fingerprint density at radius 2 is 1.88 bits per heavy atom. The standard InChI is InChI=1S/C19H23FN4O/c20-16-10-6-5-7-14(16)12-21-18-11-17(22-13-23-18)19(25)24-15-8-3-1-2-4-9-15/h5-7,10-11,13,15H,1-4,8-9,12H2,(H,24,25)(H,21,22,23). The Bertz CT molecular complexity index is 714. The molecule has 3 rings (SSSR count). The number of hydrogen-bond donors (Lipinski definition) is 2. The first-order valence-corrected chi connectivity index (χ1v) is 8.82. The van der Waals surface area contributed by atoms with Crippen molar-refractivity contribution in [2.75, 3.05) is 5.32 Å². The molecule has 132 valence electrons. The molecule has 0 bridgehead atoms. The summed E-state index contributed by atoms with van der Waals surface area (Å²) in [6.45, 7) is 0.299. The van der Waals surface area contributed by atoms with Gasteiger partial charge < -0.3 is 10.6 Å². The number of carbonyl (C=O) groups excluding carboxylic acids is 1. The monoisotopic (exact) mass is 342 g/mol. The molecule has 1 aliphatic rings. The average Bonchev–Trinajstić information content (AvgIpc) is 2.90. The van der Waals surface area contributed by atoms with Crippen molar-refractivity contribution in [2.24, 2.45) is 0 Å². The molecule has 1 aromatic carbocycles. The van der Waals surface area contributed by atoms with E-state index in [4.69, 9.17) is 0 Å². The second-order valence-electron chi connectivity index (χ2n) is 6.40. The maximum absolute atomic E-state index is 13.7. The molecule has 0 unspecified atom stereocenters. The first-order chi connectivity index (χ1) is 12.2. The van der Waals surface area contributed by atoms with Gasteiger partial charge in [0.15, 0.2) is 0 Å². The molecule has 5 nitrogen and oxygen atoms in total. The Hall–Kier alpha value is -2.50. The normalized spacial score (nSPS) is 15.4. The summed E-state index contributed by atoms with van der Waals surface area (Å²) in [7, 11) is 0. The van der Waals surface area contributed by atoms with Crippen LogP contribution in [-0.2, 0) is 6.54 Å². The molecule has 6 heteroatoms. The van der Waals surface area contributed by atoms with E-state index in [9.17, 15) is 9.18 Å². The molecule has 0 saturated heterocycles. The Balaban J connectivity index is 1.60. The maximum atomic E-state index is 13.7. The van der Waals surface area contributed by atoms with Crippen molar-refractivity contribution in [3.05, 3.63) is 53.7 Å². The summed E-state index contributed by atoms with van der Waals surface area (Å²) >= 11 is 0. The topological polar surface area (TPSA) is 66.9 Å². The largest absolute Gasteiger partial charge is 0.366 e. The van der Waals surface area contributed by atoms with Gasteiger partial charge in [-0.05, 0) is 18.9 Å². The lowest BCUT2D eigenvalue weighted by molar-refractivity contribution is 0.0928. The number of nitrogens with one attached hydrogen (secondary N) is 2. The Morgan fingerprint density at radius 1 is 1.12 bits per heavy atom. The lowest BCUT2D eigenvalue weighted by Gasteiger charge is -2.16. The van der Waals surface area contributed by atoms with Gasteiger partial charge in [-0.25, -0.2) is 14.4 Å². The van der Waals surface area contributed by atoms with E-state index in [1.54, 1.807) is 24.3 Å². The van der Waals surface area contributed by atoms with Gasteiger partial charge in [-0.3, -0.25) is 4.79 Å². The molecule has 2 aromatic rings. The summed E-state index contributed by atoms with van der Waals surface area (Å²) in [6, 6.07) is 8.39. The highest BCUT2D eigenvalue weighted by molar-refractivity contribution is 5.93. The highest BCUT2D eigenvalue weighted by Gasteiger charge is 2.17. The van der Waals surface area contributed by atoms with Crippen LogP contribution in [-0.4, -0.2) is 21.9 Å². The van der Waals surface area contributed by atoms with Crippen LogP contribution in [0.15, 0.2) is 36.7 Å². The summed E-state index contributed by atoms with van der Waals surface area (Å²) in [5.41, 5.74) is 0.876. The van der Waals surface area contributed by atoms with E-state index in [0.29, 0.717) is 23.6 Å². The van der Waals surface area contributed by atoms with Crippen LogP contribution in [0, 0.1) is 5.82 Å². The third kappa shape index (κ3) is 4.98. The average molecular weight is 342 g/mol. The first-order valence-electron chi connectivity index (χ1n) is 8.82. The summed E-state index contributed by atoms with van der Waals surface area (Å²) < 4.78 is 13.7. The third-order valence-corrected chi connectivity index (χ3v) is 4.51. The molecule has 1 saturated carbocycles. The van der Waals surface area contributed by atoms with Gasteiger partial charge >= 0.3 is 0 Å². The van der Waals surface area contributed by atoms with Crippen LogP contribution in [0.25, 0.3) is 0 Å². The summed E-state index contributed by atoms with van der Waals surface area (Å²) in [5.74, 6) is 0.0582. The Morgan fingerprint density at radius 3 is 2.64 bits per heavy atom. The fourth-order valence-corrected chi connectivity index (χ4v) is 3.09. The number of benzene rings is 1. The highest BCUT2D eigenvalue weighted by Crippen LogP contribution is 2.18. The highest BCUT2D eigenvalue weighted by atomic mass is 19.1. The van der Waals surface area contributed by atoms with Crippen molar-refractivity contribution >= 4 is 11.7 Å². The van der Waals surface area contributed by atoms with Gasteiger partial charge in [0.05, 0.1) is 0 Å². The van der Waals surface area contributed by atoms with E-state index < -0.39 is 0 Å². The smallest absolute Gasteiger partial charge is 0.270 e. The number of rotatable bonds is 5. The molecule has 0 radical (unpaired) electrons. The number of anilines is 1. The molecule has 1 aliphatic carbocycles. The predicted molar refractivity (Wildman–Crippen MR) is 94.7 cm³/mol. The van der Waals surface area contributed by atoms with Crippen LogP contribution in [0.1, 0.15) is 54.6 Å². The molecule has 25 heavy (non-hydrogen) atoms. The van der Waals surface area contributed by atoms with E-state index in [2.05, 4.69) is 20.6 Å². The quantitative estimate of drug-likeness (QED) is 0.814. The van der Waals surface area contributed by atoms with Gasteiger partial charge in [0, 0.05) is 24.2 Å². The maximum Gasteiger partial charge on any atom is 0.270 e. The molecule has 1 amide bonds. The molecule has 1 aromatic heterocycles. The fraction of sp³-hybridized carbons (Fsp3) is 0.421. The molecular weight excluding hydrogens is 319 g/mol. The van der Waals surface area contributed by atoms with E-state index in [1.165, 1.54) is 25.2 Å². The first kappa shape index (κ1) is 17.3. The van der Waals surface area contributed by atoms with Crippen LogP contribution in [0.4, 0.5) is 10.2 Å². The molecule has 1 fully saturated rings. The van der Waals surface area contributed by atoms with E-state index >= 15 is 0 Å². The Kier molecular flexibility index (Phi) is 5.93. The van der Waals surface area contributed by atoms with Gasteiger partial charge in [-0.15, -0.1) is 0 Å². The van der Waals surface area contributed by atoms with Crippen molar-refractivity contribution in [3.8, 4) is 0 Å². The van der Waals surface area contributed by atoms with Crippen molar-refractivity contribution < 1.29 is 9.18 Å². The number of halogens is 1. The lowest BCUT2D eigenvalue weighted by atomic mass is 10.1. The van der Waals surface area contributed by atoms with Crippen molar-refractivity contribution in [1.82, 2.24) is 15.3 Å². The summed E-state index contributed by atoms with van der Waals surface area (Å²) in [6.07, 6.45) is 8.19. The predicted octanol–water partition coefficient (Wildman–Crippen LogP) is 3.68. The number of hydrogen-bond acceptors (Lipinski definition) is 4. The van der Waals surface area contributed by atoms with Crippen LogP contribution >= 0.6 is 0 Å². The summed E-state index contributed by atoms with van der Waals surface area (Å²) in [5, 5.41) is 6.11. The second-order valence-corrected chi connectivity index (χ2v) is 6.40. The van der Waals surface area contributed by atoms with Gasteiger partial charge in [-0.1, -0.05) is 43.9 Å². The van der Waals surface area contributed by atoms with Crippen LogP contribution < -0.4 is 10.6 Å². The number of carbonyl (C=O) groups is 1. The minimum Gasteiger partial charge on any atom is -0.366 e. The van der Waals surface area contributed by atoms with E-state index in [0.717, 1.165) is 25.7 Å². The fourth-order valence-electron chi connectivity index (χ4n) is 3.09. The molecule has 0 aliphatic heterocycles. The van der Waals surface area contributed by atoms with Crippen LogP contribution in [0.2, 0.25) is 0 Å². The SMILES string of the molecule is O=C(NC1CCCCCC1)c1cc(NCc2ccccc2F)ncn1. The third-order valence-electron chi connectivity index (χ3n) is 4.51. The van der Waals surface area contributed by atoms with Gasteiger partial charge in [0.2, 0.25) is 0 Å². The zero-order valence-electron chi connectivity index (χ0n) is 14.2. The van der Waals surface area contributed by atoms with Crippen molar-refractivity contribution in [2.45, 2.75) is 51.1 Å². The number of nitrogens with zero attached hydrogens (tertiary/aromatic N) is 2. The van der Waals surface area contributed by atoms with Gasteiger partial charge in [-0.2, -0.15) is 0 Å². The zero-order chi connectivity index (χ0) is 17.5. The molecular formula is C19H23FN4O. The van der Waals surface area contributed by atoms with E-state index in [1.807, 2.05) is 0 Å². The molecule has 2 N–H and O–H groups in total. The van der Waals surface area contributed by atoms with Crippen molar-refractivity contribution in [3.63, 3.8) is 0 Å². The Labute approximate surface area is 147 Å². The molecule has 1 heterocycles. The number of aromatic nitrogens is 2. The van der Waals surface area contributed by atoms with Crippen LogP contribution in [0.3, 0.4) is 0 Å². The van der Waals surface area contributed by atoms with Gasteiger partial charge in [0.25, 0.3) is 5.91 Å². The van der Waals surface area contributed by atoms with Crippen LogP contribution in [0.5, 0.6) is 0 Å². The zero-order valence-corrected chi connectivity index (χ0v) is 14.2. The number of amides is 1. The minimum absolute atomic E-state index is 0.178. The minimum atomic E-state index is -0.268. The summed E-state index contributed by atoms with van der Waals surface area (Å²) in [4.78, 5) is 20.6. The second kappa shape index (κ2) is 8.55. The van der Waals surface area contributed by atoms with Crippen molar-refractivity contribution in [1.29, 1.82) is 0 Å².